The summed E-state index contributed by atoms with van der Waals surface area (Å²) in [4.78, 5) is 55.6. The Morgan fingerprint density at radius 1 is 0.718 bits per heavy atom. The molecule has 39 heavy (non-hydrogen) atoms. The first kappa shape index (κ1) is 24.3. The second-order valence-electron chi connectivity index (χ2n) is 9.52. The van der Waals surface area contributed by atoms with Crippen molar-refractivity contribution in [1.29, 1.82) is 0 Å². The summed E-state index contributed by atoms with van der Waals surface area (Å²) < 4.78 is 5.30. The Hall–Kier alpha value is -5.04. The third kappa shape index (κ3) is 4.38. The van der Waals surface area contributed by atoms with Crippen LogP contribution in [0.25, 0.3) is 11.1 Å². The van der Waals surface area contributed by atoms with E-state index < -0.39 is 35.8 Å². The Morgan fingerprint density at radius 3 is 1.87 bits per heavy atom. The van der Waals surface area contributed by atoms with Gasteiger partial charge in [-0.25, -0.2) is 9.69 Å². The molecule has 1 fully saturated rings. The topological polar surface area (TPSA) is 84.0 Å². The van der Waals surface area contributed by atoms with Gasteiger partial charge >= 0.3 is 6.09 Å². The van der Waals surface area contributed by atoms with Crippen molar-refractivity contribution in [3.05, 3.63) is 131 Å². The SMILES string of the molecule is O=C1c2ccccc2C(=O)N1CC(C(=O)N1C(=O)OC[C@@H]1c1ccccc1)c1ccc(-c2ccccc2)cc1. The molecule has 1 unspecified atom stereocenters. The summed E-state index contributed by atoms with van der Waals surface area (Å²) in [6.45, 7) is -0.178. The lowest BCUT2D eigenvalue weighted by Gasteiger charge is -2.28. The largest absolute Gasteiger partial charge is 0.446 e. The predicted molar refractivity (Wildman–Crippen MR) is 144 cm³/mol. The van der Waals surface area contributed by atoms with Crippen LogP contribution in [0.1, 0.15) is 43.8 Å². The second-order valence-corrected chi connectivity index (χ2v) is 9.52. The van der Waals surface area contributed by atoms with Gasteiger partial charge in [0.2, 0.25) is 5.91 Å². The number of carbonyl (C=O) groups is 4. The van der Waals surface area contributed by atoms with Crippen LogP contribution in [0.2, 0.25) is 0 Å². The Labute approximate surface area is 225 Å². The van der Waals surface area contributed by atoms with E-state index >= 15 is 0 Å². The number of fused-ring (bicyclic) bond motifs is 1. The molecule has 0 N–H and O–H groups in total. The summed E-state index contributed by atoms with van der Waals surface area (Å²) >= 11 is 0. The van der Waals surface area contributed by atoms with Crippen LogP contribution < -0.4 is 0 Å². The van der Waals surface area contributed by atoms with Crippen molar-refractivity contribution < 1.29 is 23.9 Å². The maximum atomic E-state index is 14.1. The van der Waals surface area contributed by atoms with Crippen molar-refractivity contribution in [2.45, 2.75) is 12.0 Å². The maximum absolute atomic E-state index is 14.1. The normalized spacial score (nSPS) is 17.2. The van der Waals surface area contributed by atoms with E-state index in [9.17, 15) is 19.2 Å². The maximum Gasteiger partial charge on any atom is 0.417 e. The van der Waals surface area contributed by atoms with Crippen molar-refractivity contribution >= 4 is 23.8 Å². The molecule has 0 spiro atoms. The molecule has 7 nitrogen and oxygen atoms in total. The Balaban J connectivity index is 1.37. The molecule has 2 aliphatic rings. The van der Waals surface area contributed by atoms with Gasteiger partial charge in [0.1, 0.15) is 12.6 Å². The van der Waals surface area contributed by atoms with Crippen molar-refractivity contribution in [1.82, 2.24) is 9.80 Å². The number of ether oxygens (including phenoxy) is 1. The first-order chi connectivity index (χ1) is 19.0. The lowest BCUT2D eigenvalue weighted by Crippen LogP contribution is -2.43. The second kappa shape index (κ2) is 10.0. The van der Waals surface area contributed by atoms with Crippen LogP contribution in [-0.2, 0) is 9.53 Å². The molecule has 0 bridgehead atoms. The number of amides is 4. The highest BCUT2D eigenvalue weighted by Gasteiger charge is 2.45. The summed E-state index contributed by atoms with van der Waals surface area (Å²) in [5.41, 5.74) is 3.92. The van der Waals surface area contributed by atoms with Crippen LogP contribution in [0.5, 0.6) is 0 Å². The van der Waals surface area contributed by atoms with Crippen LogP contribution in [0.3, 0.4) is 0 Å². The number of hydrogen-bond donors (Lipinski definition) is 0. The number of hydrogen-bond acceptors (Lipinski definition) is 5. The third-order valence-corrected chi connectivity index (χ3v) is 7.26. The summed E-state index contributed by atoms with van der Waals surface area (Å²) in [6, 6.07) is 32.4. The van der Waals surface area contributed by atoms with E-state index in [-0.39, 0.29) is 13.2 Å². The zero-order valence-electron chi connectivity index (χ0n) is 20.9. The molecule has 192 valence electrons. The average molecular weight is 517 g/mol. The lowest BCUT2D eigenvalue weighted by atomic mass is 9.93. The third-order valence-electron chi connectivity index (χ3n) is 7.26. The molecule has 2 heterocycles. The molecule has 2 aliphatic heterocycles. The van der Waals surface area contributed by atoms with E-state index in [1.54, 1.807) is 24.3 Å². The highest BCUT2D eigenvalue weighted by molar-refractivity contribution is 6.21. The van der Waals surface area contributed by atoms with Crippen LogP contribution in [0.4, 0.5) is 4.79 Å². The summed E-state index contributed by atoms with van der Waals surface area (Å²) in [6.07, 6.45) is -0.748. The van der Waals surface area contributed by atoms with Gasteiger partial charge in [-0.05, 0) is 34.4 Å². The quantitative estimate of drug-likeness (QED) is 0.318. The number of nitrogens with zero attached hydrogens (tertiary/aromatic N) is 2. The van der Waals surface area contributed by atoms with Crippen LogP contribution in [0, 0.1) is 0 Å². The fourth-order valence-electron chi connectivity index (χ4n) is 5.21. The number of benzene rings is 4. The Morgan fingerprint density at radius 2 is 1.26 bits per heavy atom. The molecule has 6 rings (SSSR count). The predicted octanol–water partition coefficient (Wildman–Crippen LogP) is 5.45. The van der Waals surface area contributed by atoms with Crippen molar-refractivity contribution in [3.63, 3.8) is 0 Å². The minimum Gasteiger partial charge on any atom is -0.446 e. The Bertz CT molecular complexity index is 1530. The van der Waals surface area contributed by atoms with Crippen LogP contribution >= 0.6 is 0 Å². The molecule has 0 radical (unpaired) electrons. The molecule has 7 heteroatoms. The molecule has 4 aromatic rings. The molecule has 0 aromatic heterocycles. The van der Waals surface area contributed by atoms with Crippen molar-refractivity contribution in [2.75, 3.05) is 13.2 Å². The minimum absolute atomic E-state index is 0.0290. The van der Waals surface area contributed by atoms with E-state index in [4.69, 9.17) is 4.74 Å². The smallest absolute Gasteiger partial charge is 0.417 e. The van der Waals surface area contributed by atoms with Gasteiger partial charge in [-0.15, -0.1) is 0 Å². The highest BCUT2D eigenvalue weighted by atomic mass is 16.6. The zero-order valence-corrected chi connectivity index (χ0v) is 20.9. The fraction of sp³-hybridized carbons (Fsp3) is 0.125. The molecule has 4 amide bonds. The summed E-state index contributed by atoms with van der Waals surface area (Å²) in [5.74, 6) is -2.43. The van der Waals surface area contributed by atoms with Gasteiger partial charge in [-0.1, -0.05) is 97.1 Å². The van der Waals surface area contributed by atoms with E-state index in [0.29, 0.717) is 16.7 Å². The van der Waals surface area contributed by atoms with Gasteiger partial charge in [-0.2, -0.15) is 0 Å². The standard InChI is InChI=1S/C32H24N2O5/c35-29-25-13-7-8-14-26(25)30(36)33(29)19-27(23-17-15-22(16-18-23)21-9-3-1-4-10-21)31(37)34-28(20-39-32(34)38)24-11-5-2-6-12-24/h1-18,27-28H,19-20H2/t27?,28-/m1/s1. The van der Waals surface area contributed by atoms with Gasteiger partial charge < -0.3 is 4.74 Å². The Kier molecular flexibility index (Phi) is 6.25. The molecule has 0 aliphatic carbocycles. The molecular weight excluding hydrogens is 492 g/mol. The molecule has 1 saturated heterocycles. The van der Waals surface area contributed by atoms with Crippen molar-refractivity contribution in [3.8, 4) is 11.1 Å². The fourth-order valence-corrected chi connectivity index (χ4v) is 5.21. The number of rotatable bonds is 6. The first-order valence-electron chi connectivity index (χ1n) is 12.7. The van der Waals surface area contributed by atoms with Gasteiger partial charge in [0.05, 0.1) is 17.0 Å². The summed E-state index contributed by atoms with van der Waals surface area (Å²) in [7, 11) is 0. The number of imide groups is 2. The first-order valence-corrected chi connectivity index (χ1v) is 12.7. The van der Waals surface area contributed by atoms with Gasteiger partial charge in [0.15, 0.2) is 0 Å². The van der Waals surface area contributed by atoms with Gasteiger partial charge in [0.25, 0.3) is 11.8 Å². The van der Waals surface area contributed by atoms with Gasteiger partial charge in [0, 0.05) is 6.54 Å². The molecule has 4 aromatic carbocycles. The monoisotopic (exact) mass is 516 g/mol. The van der Waals surface area contributed by atoms with E-state index in [1.165, 1.54) is 0 Å². The zero-order chi connectivity index (χ0) is 26.9. The average Bonchev–Trinajstić information content (AvgIpc) is 3.49. The lowest BCUT2D eigenvalue weighted by molar-refractivity contribution is -0.131. The number of carbonyl (C=O) groups excluding carboxylic acids is 4. The summed E-state index contributed by atoms with van der Waals surface area (Å²) in [5, 5.41) is 0. The molecule has 2 atom stereocenters. The number of cyclic esters (lactones) is 1. The molecule has 0 saturated carbocycles. The van der Waals surface area contributed by atoms with Crippen molar-refractivity contribution in [2.24, 2.45) is 0 Å². The van der Waals surface area contributed by atoms with Crippen LogP contribution in [-0.4, -0.2) is 46.8 Å². The van der Waals surface area contributed by atoms with E-state index in [2.05, 4.69) is 0 Å². The van der Waals surface area contributed by atoms with E-state index in [0.717, 1.165) is 26.5 Å². The van der Waals surface area contributed by atoms with Gasteiger partial charge in [-0.3, -0.25) is 19.3 Å². The minimum atomic E-state index is -0.978. The van der Waals surface area contributed by atoms with Crippen LogP contribution in [0.15, 0.2) is 109 Å². The molecular formula is C32H24N2O5. The highest BCUT2D eigenvalue weighted by Crippen LogP contribution is 2.34. The van der Waals surface area contributed by atoms with E-state index in [1.807, 2.05) is 84.9 Å².